The highest BCUT2D eigenvalue weighted by Crippen LogP contribution is 2.23. The summed E-state index contributed by atoms with van der Waals surface area (Å²) < 4.78 is 13.3. The monoisotopic (exact) mass is 306 g/mol. The highest BCUT2D eigenvalue weighted by atomic mass is 16.7. The van der Waals surface area contributed by atoms with Crippen molar-refractivity contribution in [3.8, 4) is 5.75 Å². The third-order valence-electron chi connectivity index (χ3n) is 3.07. The summed E-state index contributed by atoms with van der Waals surface area (Å²) >= 11 is 0. The van der Waals surface area contributed by atoms with Crippen LogP contribution >= 0.6 is 0 Å². The molecule has 1 aromatic carbocycles. The van der Waals surface area contributed by atoms with Gasteiger partial charge in [0.1, 0.15) is 11.4 Å². The van der Waals surface area contributed by atoms with Crippen LogP contribution in [0.25, 0.3) is 0 Å². The molecule has 22 heavy (non-hydrogen) atoms. The Labute approximate surface area is 134 Å². The zero-order chi connectivity index (χ0) is 16.4. The number of nitrogens with zero attached hydrogens (tertiary/aromatic N) is 1. The second kappa shape index (κ2) is 9.26. The molecule has 4 nitrogen and oxygen atoms in total. The minimum Gasteiger partial charge on any atom is -0.488 e. The second-order valence-electron chi connectivity index (χ2n) is 5.74. The van der Waals surface area contributed by atoms with Crippen molar-refractivity contribution in [3.05, 3.63) is 43.0 Å². The smallest absolute Gasteiger partial charge is 0.196 e. The lowest BCUT2D eigenvalue weighted by molar-refractivity contribution is -0.777. The first kappa shape index (κ1) is 18.2. The molecule has 0 saturated heterocycles. The van der Waals surface area contributed by atoms with E-state index < -0.39 is 0 Å². The van der Waals surface area contributed by atoms with Gasteiger partial charge < -0.3 is 9.47 Å². The summed E-state index contributed by atoms with van der Waals surface area (Å²) in [7, 11) is 1.87. The van der Waals surface area contributed by atoms with Crippen molar-refractivity contribution in [2.75, 3.05) is 20.3 Å². The van der Waals surface area contributed by atoms with Gasteiger partial charge in [0.15, 0.2) is 19.4 Å². The van der Waals surface area contributed by atoms with Crippen molar-refractivity contribution in [1.82, 2.24) is 0 Å². The fourth-order valence-electron chi connectivity index (χ4n) is 2.10. The highest BCUT2D eigenvalue weighted by molar-refractivity contribution is 5.46. The molecule has 1 unspecified atom stereocenters. The predicted octanol–water partition coefficient (Wildman–Crippen LogP) is 3.47. The molecule has 1 atom stereocenters. The van der Waals surface area contributed by atoms with Gasteiger partial charge in [0.25, 0.3) is 0 Å². The maximum Gasteiger partial charge on any atom is 0.196 e. The summed E-state index contributed by atoms with van der Waals surface area (Å²) in [5.74, 6) is 0.855. The minimum absolute atomic E-state index is 0.0973. The third kappa shape index (κ3) is 7.27. The number of rotatable bonds is 10. The number of para-hydroxylation sites is 1. The molecule has 0 aliphatic heterocycles. The van der Waals surface area contributed by atoms with Crippen molar-refractivity contribution in [2.45, 2.75) is 38.9 Å². The lowest BCUT2D eigenvalue weighted by atomic mass is 10.0. The lowest BCUT2D eigenvalue weighted by Crippen LogP contribution is -2.37. The fourth-order valence-corrected chi connectivity index (χ4v) is 2.10. The zero-order valence-electron chi connectivity index (χ0n) is 14.1. The Kier molecular flexibility index (Phi) is 7.67. The predicted molar refractivity (Wildman–Crippen MR) is 89.6 cm³/mol. The van der Waals surface area contributed by atoms with Crippen LogP contribution in [0, 0.1) is 0 Å². The maximum atomic E-state index is 6.07. The van der Waals surface area contributed by atoms with Gasteiger partial charge in [-0.15, -0.1) is 6.58 Å². The minimum atomic E-state index is -0.363. The molecule has 0 aliphatic rings. The first-order valence-corrected chi connectivity index (χ1v) is 7.58. The number of benzene rings is 1. The molecule has 0 amide bonds. The number of hydrogen-bond donors (Lipinski definition) is 0. The van der Waals surface area contributed by atoms with Crippen LogP contribution in [0.1, 0.15) is 27.2 Å². The molecular weight excluding hydrogens is 278 g/mol. The topological polar surface area (TPSA) is 30.7 Å². The van der Waals surface area contributed by atoms with E-state index in [9.17, 15) is 0 Å². The first-order chi connectivity index (χ1) is 10.5. The van der Waals surface area contributed by atoms with Crippen LogP contribution in [0.2, 0.25) is 0 Å². The summed E-state index contributed by atoms with van der Waals surface area (Å²) in [6.45, 7) is 10.7. The molecule has 0 heterocycles. The molecule has 4 heteroatoms. The van der Waals surface area contributed by atoms with Gasteiger partial charge in [0, 0.05) is 13.3 Å². The van der Waals surface area contributed by atoms with E-state index in [1.807, 2.05) is 50.5 Å². The van der Waals surface area contributed by atoms with Crippen molar-refractivity contribution < 1.29 is 19.1 Å². The van der Waals surface area contributed by atoms with Crippen LogP contribution < -0.4 is 4.74 Å². The molecular formula is C18H28NO3+. The number of ether oxygens (including phenoxy) is 2. The van der Waals surface area contributed by atoms with Crippen molar-refractivity contribution in [1.29, 1.82) is 0 Å². The molecule has 1 aromatic rings. The quantitative estimate of drug-likeness (QED) is 0.218. The van der Waals surface area contributed by atoms with Gasteiger partial charge >= 0.3 is 0 Å². The van der Waals surface area contributed by atoms with Gasteiger partial charge in [0.2, 0.25) is 0 Å². The fraction of sp³-hybridized carbons (Fsp3) is 0.500. The molecule has 0 bridgehead atoms. The molecule has 0 aromatic heterocycles. The Bertz CT molecular complexity index is 468. The summed E-state index contributed by atoms with van der Waals surface area (Å²) in [6.07, 6.45) is 4.21. The highest BCUT2D eigenvalue weighted by Gasteiger charge is 2.29. The number of hydrogen-bond acceptors (Lipinski definition) is 3. The van der Waals surface area contributed by atoms with Crippen LogP contribution in [0.5, 0.6) is 5.75 Å². The van der Waals surface area contributed by atoms with Gasteiger partial charge in [-0.1, -0.05) is 24.3 Å². The molecule has 1 rings (SSSR count). The second-order valence-corrected chi connectivity index (χ2v) is 5.74. The Hall–Kier alpha value is -1.81. The van der Waals surface area contributed by atoms with E-state index in [2.05, 4.69) is 20.4 Å². The summed E-state index contributed by atoms with van der Waals surface area (Å²) in [6, 6.07) is 9.81. The number of hydroxylamine groups is 1. The van der Waals surface area contributed by atoms with E-state index in [1.54, 1.807) is 10.8 Å². The van der Waals surface area contributed by atoms with Gasteiger partial charge in [-0.3, -0.25) is 4.84 Å². The Morgan fingerprint density at radius 1 is 1.27 bits per heavy atom. The van der Waals surface area contributed by atoms with Crippen molar-refractivity contribution >= 4 is 6.21 Å². The molecule has 0 saturated carbocycles. The molecule has 0 spiro atoms. The van der Waals surface area contributed by atoms with Gasteiger partial charge in [-0.2, -0.15) is 0 Å². The third-order valence-corrected chi connectivity index (χ3v) is 3.07. The van der Waals surface area contributed by atoms with Crippen LogP contribution in [-0.4, -0.2) is 42.9 Å². The average molecular weight is 306 g/mol. The zero-order valence-corrected chi connectivity index (χ0v) is 14.1. The summed E-state index contributed by atoms with van der Waals surface area (Å²) in [5.41, 5.74) is -0.363. The Morgan fingerprint density at radius 3 is 2.55 bits per heavy atom. The molecule has 0 radical (unpaired) electrons. The van der Waals surface area contributed by atoms with Crippen LogP contribution in [0.4, 0.5) is 0 Å². The van der Waals surface area contributed by atoms with E-state index in [1.165, 1.54) is 0 Å². The van der Waals surface area contributed by atoms with E-state index in [4.69, 9.17) is 14.3 Å². The van der Waals surface area contributed by atoms with E-state index in [-0.39, 0.29) is 11.7 Å². The van der Waals surface area contributed by atoms with Gasteiger partial charge in [-0.25, -0.2) is 0 Å². The average Bonchev–Trinajstić information content (AvgIpc) is 2.47. The Balaban J connectivity index is 2.66. The van der Waals surface area contributed by atoms with E-state index in [0.29, 0.717) is 19.6 Å². The van der Waals surface area contributed by atoms with E-state index in [0.717, 1.165) is 5.75 Å². The van der Waals surface area contributed by atoms with Crippen LogP contribution in [0.15, 0.2) is 43.0 Å². The molecule has 122 valence electrons. The largest absolute Gasteiger partial charge is 0.488 e. The van der Waals surface area contributed by atoms with Gasteiger partial charge in [0.05, 0.1) is 13.2 Å². The van der Waals surface area contributed by atoms with Crippen LogP contribution in [-0.2, 0) is 9.57 Å². The normalized spacial score (nSPS) is 13.5. The van der Waals surface area contributed by atoms with Crippen molar-refractivity contribution in [2.24, 2.45) is 0 Å². The molecule has 0 fully saturated rings. The summed E-state index contributed by atoms with van der Waals surface area (Å²) in [5, 5.41) is 0. The standard InChI is InChI=1S/C18H28NO3/c1-6-13-20-15-17(22-19(5)7-2)14-18(3,4)21-16-11-9-8-10-12-16/h6-12,17H,1,13-15H2,2-5H3/q+1. The van der Waals surface area contributed by atoms with Crippen LogP contribution in [0.3, 0.4) is 0 Å². The Morgan fingerprint density at radius 2 is 1.95 bits per heavy atom. The SMILES string of the molecule is C=CCOCC(CC(C)(C)Oc1ccccc1)O[N+](C)=CC. The maximum absolute atomic E-state index is 6.07. The van der Waals surface area contributed by atoms with Crippen molar-refractivity contribution in [3.63, 3.8) is 0 Å². The lowest BCUT2D eigenvalue weighted by Gasteiger charge is -2.29. The first-order valence-electron chi connectivity index (χ1n) is 7.58. The van der Waals surface area contributed by atoms with E-state index >= 15 is 0 Å². The molecule has 0 aliphatic carbocycles. The van der Waals surface area contributed by atoms with Gasteiger partial charge in [-0.05, 0) is 30.7 Å². The molecule has 0 N–H and O–H groups in total. The summed E-state index contributed by atoms with van der Waals surface area (Å²) in [4.78, 5) is 5.86.